The summed E-state index contributed by atoms with van der Waals surface area (Å²) >= 11 is 1.29. The molecule has 0 saturated carbocycles. The lowest BCUT2D eigenvalue weighted by Crippen LogP contribution is -2.54. The van der Waals surface area contributed by atoms with Crippen molar-refractivity contribution >= 4 is 40.0 Å². The zero-order valence-corrected chi connectivity index (χ0v) is 20.2. The topological polar surface area (TPSA) is 154 Å². The minimum absolute atomic E-state index is 0.0193. The number of pyridine rings is 1. The molecule has 0 aliphatic carbocycles. The Kier molecular flexibility index (Phi) is 7.02. The average molecular weight is 505 g/mol. The van der Waals surface area contributed by atoms with Gasteiger partial charge in [0.2, 0.25) is 5.95 Å². The molecule has 1 fully saturated rings. The van der Waals surface area contributed by atoms with Crippen molar-refractivity contribution in [2.24, 2.45) is 0 Å². The van der Waals surface area contributed by atoms with E-state index in [0.717, 1.165) is 5.69 Å². The summed E-state index contributed by atoms with van der Waals surface area (Å²) in [5, 5.41) is 20.9. The predicted molar refractivity (Wildman–Crippen MR) is 135 cm³/mol. The Balaban J connectivity index is 1.25. The van der Waals surface area contributed by atoms with Gasteiger partial charge >= 0.3 is 0 Å². The molecule has 5 heterocycles. The fraction of sp³-hybridized carbons (Fsp3) is 0.261. The normalized spacial score (nSPS) is 15.5. The van der Waals surface area contributed by atoms with Gasteiger partial charge in [0.1, 0.15) is 23.0 Å². The largest absolute Gasteiger partial charge is 0.395 e. The van der Waals surface area contributed by atoms with E-state index < -0.39 is 0 Å². The van der Waals surface area contributed by atoms with E-state index in [1.54, 1.807) is 34.8 Å². The van der Waals surface area contributed by atoms with E-state index >= 15 is 0 Å². The lowest BCUT2D eigenvalue weighted by Gasteiger charge is -2.32. The number of carbonyl (C=O) groups is 1. The molecule has 1 saturated heterocycles. The molecule has 0 spiro atoms. The number of amides is 1. The maximum Gasteiger partial charge on any atom is 0.273 e. The van der Waals surface area contributed by atoms with Gasteiger partial charge in [-0.05, 0) is 31.2 Å². The Morgan fingerprint density at radius 2 is 1.94 bits per heavy atom. The van der Waals surface area contributed by atoms with Gasteiger partial charge in [0.15, 0.2) is 11.0 Å². The van der Waals surface area contributed by atoms with Gasteiger partial charge < -0.3 is 20.6 Å². The molecule has 5 rings (SSSR count). The van der Waals surface area contributed by atoms with Crippen molar-refractivity contribution in [3.63, 3.8) is 0 Å². The number of anilines is 4. The first kappa shape index (κ1) is 23.7. The first-order valence-electron chi connectivity index (χ1n) is 11.3. The molecular weight excluding hydrogens is 480 g/mol. The third-order valence-corrected chi connectivity index (χ3v) is 6.15. The molecule has 13 heteroatoms. The van der Waals surface area contributed by atoms with Crippen LogP contribution in [0.5, 0.6) is 0 Å². The van der Waals surface area contributed by atoms with E-state index in [-0.39, 0.29) is 18.6 Å². The molecule has 4 aromatic rings. The van der Waals surface area contributed by atoms with Crippen molar-refractivity contribution in [2.75, 3.05) is 36.9 Å². The molecule has 0 aromatic carbocycles. The second kappa shape index (κ2) is 10.7. The summed E-state index contributed by atoms with van der Waals surface area (Å²) in [6.07, 6.45) is 3.27. The van der Waals surface area contributed by atoms with Crippen molar-refractivity contribution in [1.82, 2.24) is 40.1 Å². The van der Waals surface area contributed by atoms with E-state index in [9.17, 15) is 9.90 Å². The van der Waals surface area contributed by atoms with Crippen LogP contribution in [0.2, 0.25) is 0 Å². The number of aliphatic hydroxyl groups is 1. The SMILES string of the molecule is Cc1cccc(-c2nccc(Nc3ccnc(Nc4nc(C(=O)N5CCN[C@@H](CO)C5)cs4)n3)n2)n1. The molecule has 36 heavy (non-hydrogen) atoms. The maximum atomic E-state index is 12.8. The van der Waals surface area contributed by atoms with Crippen LogP contribution < -0.4 is 16.0 Å². The summed E-state index contributed by atoms with van der Waals surface area (Å²) in [6.45, 7) is 3.54. The number of thiazole rings is 1. The number of hydrogen-bond donors (Lipinski definition) is 4. The van der Waals surface area contributed by atoms with Gasteiger partial charge in [0.25, 0.3) is 5.91 Å². The van der Waals surface area contributed by atoms with Crippen LogP contribution in [0.1, 0.15) is 16.2 Å². The first-order valence-corrected chi connectivity index (χ1v) is 12.2. The summed E-state index contributed by atoms with van der Waals surface area (Å²) in [5.41, 5.74) is 1.91. The smallest absolute Gasteiger partial charge is 0.273 e. The molecule has 0 bridgehead atoms. The van der Waals surface area contributed by atoms with Crippen LogP contribution in [0.3, 0.4) is 0 Å². The Morgan fingerprint density at radius 1 is 1.11 bits per heavy atom. The minimum Gasteiger partial charge on any atom is -0.395 e. The van der Waals surface area contributed by atoms with E-state index in [1.807, 2.05) is 25.1 Å². The number of aromatic nitrogens is 6. The number of nitrogens with one attached hydrogen (secondary N) is 3. The molecule has 1 atom stereocenters. The summed E-state index contributed by atoms with van der Waals surface area (Å²) in [5.74, 6) is 1.75. The lowest BCUT2D eigenvalue weighted by atomic mass is 10.2. The third-order valence-electron chi connectivity index (χ3n) is 5.39. The van der Waals surface area contributed by atoms with Gasteiger partial charge in [-0.1, -0.05) is 6.07 Å². The number of nitrogens with zero attached hydrogens (tertiary/aromatic N) is 7. The van der Waals surface area contributed by atoms with Crippen molar-refractivity contribution in [1.29, 1.82) is 0 Å². The van der Waals surface area contributed by atoms with Crippen LogP contribution in [0.4, 0.5) is 22.7 Å². The molecule has 0 radical (unpaired) electrons. The maximum absolute atomic E-state index is 12.8. The van der Waals surface area contributed by atoms with Crippen molar-refractivity contribution in [3.8, 4) is 11.5 Å². The molecule has 1 aliphatic rings. The zero-order valence-electron chi connectivity index (χ0n) is 19.4. The van der Waals surface area contributed by atoms with Crippen LogP contribution in [0, 0.1) is 6.92 Å². The summed E-state index contributed by atoms with van der Waals surface area (Å²) in [6, 6.07) is 9.03. The number of hydrogen-bond acceptors (Lipinski definition) is 12. The van der Waals surface area contributed by atoms with Gasteiger partial charge in [0.05, 0.1) is 6.61 Å². The average Bonchev–Trinajstić information content (AvgIpc) is 3.37. The highest BCUT2D eigenvalue weighted by Gasteiger charge is 2.25. The monoisotopic (exact) mass is 504 g/mol. The van der Waals surface area contributed by atoms with E-state index in [0.29, 0.717) is 59.6 Å². The summed E-state index contributed by atoms with van der Waals surface area (Å²) in [7, 11) is 0. The Hall–Kier alpha value is -4.07. The number of rotatable bonds is 7. The third kappa shape index (κ3) is 5.59. The minimum atomic E-state index is -0.168. The molecule has 4 N–H and O–H groups in total. The highest BCUT2D eigenvalue weighted by Crippen LogP contribution is 2.22. The molecule has 1 amide bonds. The number of aliphatic hydroxyl groups excluding tert-OH is 1. The number of piperazine rings is 1. The highest BCUT2D eigenvalue weighted by molar-refractivity contribution is 7.14. The first-order chi connectivity index (χ1) is 17.6. The Morgan fingerprint density at radius 3 is 2.78 bits per heavy atom. The fourth-order valence-corrected chi connectivity index (χ4v) is 4.34. The van der Waals surface area contributed by atoms with E-state index in [1.165, 1.54) is 11.3 Å². The highest BCUT2D eigenvalue weighted by atomic mass is 32.1. The van der Waals surface area contributed by atoms with Crippen molar-refractivity contribution < 1.29 is 9.90 Å². The summed E-state index contributed by atoms with van der Waals surface area (Å²) in [4.78, 5) is 40.9. The van der Waals surface area contributed by atoms with Gasteiger partial charge in [-0.3, -0.25) is 10.1 Å². The van der Waals surface area contributed by atoms with Gasteiger partial charge in [-0.15, -0.1) is 11.3 Å². The second-order valence-electron chi connectivity index (χ2n) is 8.07. The van der Waals surface area contributed by atoms with E-state index in [4.69, 9.17) is 0 Å². The Labute approximate surface area is 210 Å². The number of aryl methyl sites for hydroxylation is 1. The van der Waals surface area contributed by atoms with Crippen LogP contribution in [-0.4, -0.2) is 78.1 Å². The van der Waals surface area contributed by atoms with Crippen molar-refractivity contribution in [2.45, 2.75) is 13.0 Å². The van der Waals surface area contributed by atoms with Crippen LogP contribution >= 0.6 is 11.3 Å². The predicted octanol–water partition coefficient (Wildman–Crippen LogP) is 1.99. The molecule has 0 unspecified atom stereocenters. The molecule has 184 valence electrons. The fourth-order valence-electron chi connectivity index (χ4n) is 3.66. The molecule has 1 aliphatic heterocycles. The Bertz CT molecular complexity index is 1360. The lowest BCUT2D eigenvalue weighted by molar-refractivity contribution is 0.0666. The standard InChI is InChI=1S/C23H24N10O2S/c1-14-3-2-4-16(27-14)20-25-7-5-18(30-20)29-19-6-8-26-22(31-19)32-23-28-17(13-36-23)21(35)33-10-9-24-15(11-33)12-34/h2-8,13,15,24,34H,9-12H2,1H3,(H2,25,26,28,29,30,31,32)/t15-/m1/s1. The van der Waals surface area contributed by atoms with Gasteiger partial charge in [-0.25, -0.2) is 24.9 Å². The molecular formula is C23H24N10O2S. The zero-order chi connectivity index (χ0) is 24.9. The quantitative estimate of drug-likeness (QED) is 0.292. The van der Waals surface area contributed by atoms with Crippen LogP contribution in [0.25, 0.3) is 11.5 Å². The van der Waals surface area contributed by atoms with Gasteiger partial charge in [-0.2, -0.15) is 4.98 Å². The molecule has 12 nitrogen and oxygen atoms in total. The van der Waals surface area contributed by atoms with Crippen LogP contribution in [0.15, 0.2) is 48.1 Å². The van der Waals surface area contributed by atoms with Crippen LogP contribution in [-0.2, 0) is 0 Å². The molecule has 4 aromatic heterocycles. The van der Waals surface area contributed by atoms with Crippen molar-refractivity contribution in [3.05, 3.63) is 59.5 Å². The second-order valence-corrected chi connectivity index (χ2v) is 8.93. The van der Waals surface area contributed by atoms with E-state index in [2.05, 4.69) is 45.9 Å². The van der Waals surface area contributed by atoms with Gasteiger partial charge in [0, 0.05) is 49.1 Å². The summed E-state index contributed by atoms with van der Waals surface area (Å²) < 4.78 is 0. The number of carbonyl (C=O) groups excluding carboxylic acids is 1.